The molecule has 0 spiro atoms. The van der Waals surface area contributed by atoms with Gasteiger partial charge >= 0.3 is 5.97 Å². The highest BCUT2D eigenvalue weighted by molar-refractivity contribution is 5.90. The third-order valence-corrected chi connectivity index (χ3v) is 1.54. The van der Waals surface area contributed by atoms with E-state index in [9.17, 15) is 4.79 Å². The highest BCUT2D eigenvalue weighted by atomic mass is 16.5. The summed E-state index contributed by atoms with van der Waals surface area (Å²) in [5, 5.41) is 19.2. The SMILES string of the molecule is Nc1nnn(-c2ccon2)c1C(=O)O. The predicted octanol–water partition coefficient (Wildman–Crippen LogP) is -0.464. The molecule has 2 aromatic rings. The zero-order valence-electron chi connectivity index (χ0n) is 6.78. The first kappa shape index (κ1) is 8.23. The van der Waals surface area contributed by atoms with Gasteiger partial charge in [0.25, 0.3) is 0 Å². The monoisotopic (exact) mass is 195 g/mol. The molecule has 0 unspecified atom stereocenters. The first-order valence-electron chi connectivity index (χ1n) is 3.55. The maximum Gasteiger partial charge on any atom is 0.358 e. The molecule has 0 aromatic carbocycles. The summed E-state index contributed by atoms with van der Waals surface area (Å²) >= 11 is 0. The minimum absolute atomic E-state index is 0.166. The van der Waals surface area contributed by atoms with Crippen molar-refractivity contribution in [3.8, 4) is 5.82 Å². The number of rotatable bonds is 2. The molecule has 8 heteroatoms. The molecule has 2 aromatic heterocycles. The van der Waals surface area contributed by atoms with Gasteiger partial charge in [0.15, 0.2) is 17.3 Å². The molecule has 2 rings (SSSR count). The van der Waals surface area contributed by atoms with Gasteiger partial charge in [-0.3, -0.25) is 0 Å². The lowest BCUT2D eigenvalue weighted by atomic mass is 10.4. The Kier molecular flexibility index (Phi) is 1.67. The van der Waals surface area contributed by atoms with Gasteiger partial charge in [-0.1, -0.05) is 10.4 Å². The summed E-state index contributed by atoms with van der Waals surface area (Å²) in [6, 6.07) is 1.44. The van der Waals surface area contributed by atoms with Crippen molar-refractivity contribution in [2.45, 2.75) is 0 Å². The van der Waals surface area contributed by atoms with Crippen molar-refractivity contribution in [3.05, 3.63) is 18.0 Å². The number of carboxylic acid groups (broad SMARTS) is 1. The third-order valence-electron chi connectivity index (χ3n) is 1.54. The summed E-state index contributed by atoms with van der Waals surface area (Å²) in [7, 11) is 0. The van der Waals surface area contributed by atoms with Crippen LogP contribution in [0.15, 0.2) is 16.9 Å². The molecule has 8 nitrogen and oxygen atoms in total. The van der Waals surface area contributed by atoms with E-state index >= 15 is 0 Å². The molecule has 3 N–H and O–H groups in total. The molecule has 0 aliphatic heterocycles. The molecule has 0 bridgehead atoms. The summed E-state index contributed by atoms with van der Waals surface area (Å²) < 4.78 is 5.53. The smallest absolute Gasteiger partial charge is 0.358 e. The summed E-state index contributed by atoms with van der Waals surface area (Å²) in [6.07, 6.45) is 1.29. The Hall–Kier alpha value is -2.38. The Morgan fingerprint density at radius 1 is 1.64 bits per heavy atom. The van der Waals surface area contributed by atoms with Crippen molar-refractivity contribution < 1.29 is 14.4 Å². The average molecular weight is 195 g/mol. The number of aromatic carboxylic acids is 1. The number of nitrogen functional groups attached to an aromatic ring is 1. The van der Waals surface area contributed by atoms with Crippen molar-refractivity contribution in [2.75, 3.05) is 5.73 Å². The Morgan fingerprint density at radius 2 is 2.43 bits per heavy atom. The van der Waals surface area contributed by atoms with Gasteiger partial charge in [-0.05, 0) is 0 Å². The van der Waals surface area contributed by atoms with Crippen molar-refractivity contribution >= 4 is 11.8 Å². The van der Waals surface area contributed by atoms with Crippen molar-refractivity contribution in [1.82, 2.24) is 20.2 Å². The van der Waals surface area contributed by atoms with Gasteiger partial charge in [-0.2, -0.15) is 4.68 Å². The van der Waals surface area contributed by atoms with Crippen molar-refractivity contribution in [2.24, 2.45) is 0 Å². The maximum atomic E-state index is 10.8. The molecule has 0 atom stereocenters. The van der Waals surface area contributed by atoms with Gasteiger partial charge in [-0.25, -0.2) is 4.79 Å². The topological polar surface area (TPSA) is 120 Å². The molecule has 14 heavy (non-hydrogen) atoms. The molecule has 0 amide bonds. The van der Waals surface area contributed by atoms with Gasteiger partial charge in [0.1, 0.15) is 6.26 Å². The minimum atomic E-state index is -1.23. The minimum Gasteiger partial charge on any atom is -0.476 e. The Bertz CT molecular complexity index is 460. The van der Waals surface area contributed by atoms with E-state index in [4.69, 9.17) is 10.8 Å². The number of nitrogens with zero attached hydrogens (tertiary/aromatic N) is 4. The van der Waals surface area contributed by atoms with E-state index in [0.29, 0.717) is 0 Å². The van der Waals surface area contributed by atoms with Crippen LogP contribution in [-0.4, -0.2) is 31.2 Å². The van der Waals surface area contributed by atoms with Crippen LogP contribution < -0.4 is 5.73 Å². The molecule has 0 saturated carbocycles. The molecule has 72 valence electrons. The molecular formula is C6H5N5O3. The van der Waals surface area contributed by atoms with E-state index in [0.717, 1.165) is 4.68 Å². The average Bonchev–Trinajstić information content (AvgIpc) is 2.70. The van der Waals surface area contributed by atoms with E-state index in [-0.39, 0.29) is 17.3 Å². The predicted molar refractivity (Wildman–Crippen MR) is 42.8 cm³/mol. The van der Waals surface area contributed by atoms with Crippen LogP contribution in [-0.2, 0) is 0 Å². The lowest BCUT2D eigenvalue weighted by Gasteiger charge is -1.96. The summed E-state index contributed by atoms with van der Waals surface area (Å²) in [6.45, 7) is 0. The summed E-state index contributed by atoms with van der Waals surface area (Å²) in [4.78, 5) is 10.8. The summed E-state index contributed by atoms with van der Waals surface area (Å²) in [5.41, 5.74) is 5.08. The highest BCUT2D eigenvalue weighted by Gasteiger charge is 2.19. The van der Waals surface area contributed by atoms with Crippen LogP contribution in [0.2, 0.25) is 0 Å². The number of aromatic nitrogens is 4. The number of carbonyl (C=O) groups is 1. The van der Waals surface area contributed by atoms with Crippen LogP contribution in [0.4, 0.5) is 5.82 Å². The molecule has 0 saturated heterocycles. The zero-order valence-corrected chi connectivity index (χ0v) is 6.78. The molecule has 0 radical (unpaired) electrons. The largest absolute Gasteiger partial charge is 0.476 e. The molecular weight excluding hydrogens is 190 g/mol. The number of carboxylic acids is 1. The quantitative estimate of drug-likeness (QED) is 0.664. The van der Waals surface area contributed by atoms with E-state index in [1.54, 1.807) is 0 Å². The second kappa shape index (κ2) is 2.83. The fourth-order valence-electron chi connectivity index (χ4n) is 0.969. The van der Waals surface area contributed by atoms with Gasteiger partial charge in [0, 0.05) is 6.07 Å². The van der Waals surface area contributed by atoms with Crippen molar-refractivity contribution in [1.29, 1.82) is 0 Å². The summed E-state index contributed by atoms with van der Waals surface area (Å²) in [5.74, 6) is -1.18. The Balaban J connectivity index is 2.60. The van der Waals surface area contributed by atoms with E-state index in [1.807, 2.05) is 0 Å². The van der Waals surface area contributed by atoms with E-state index in [2.05, 4.69) is 20.0 Å². The zero-order chi connectivity index (χ0) is 10.1. The second-order valence-corrected chi connectivity index (χ2v) is 2.40. The molecule has 0 aliphatic carbocycles. The van der Waals surface area contributed by atoms with Gasteiger partial charge in [0.05, 0.1) is 0 Å². The van der Waals surface area contributed by atoms with Crippen LogP contribution in [0.25, 0.3) is 5.82 Å². The van der Waals surface area contributed by atoms with E-state index < -0.39 is 5.97 Å². The fourth-order valence-corrected chi connectivity index (χ4v) is 0.969. The normalized spacial score (nSPS) is 10.3. The van der Waals surface area contributed by atoms with Gasteiger partial charge in [0.2, 0.25) is 0 Å². The van der Waals surface area contributed by atoms with Crippen molar-refractivity contribution in [3.63, 3.8) is 0 Å². The molecule has 0 aliphatic rings. The highest BCUT2D eigenvalue weighted by Crippen LogP contribution is 2.12. The molecule has 0 fully saturated rings. The van der Waals surface area contributed by atoms with E-state index in [1.165, 1.54) is 12.3 Å². The number of hydrogen-bond donors (Lipinski definition) is 2. The standard InChI is InChI=1S/C6H5N5O3/c7-5-4(6(12)13)11(10-8-5)3-1-2-14-9-3/h1-2H,7H2,(H,12,13). The lowest BCUT2D eigenvalue weighted by molar-refractivity contribution is 0.0688. The van der Waals surface area contributed by atoms with Gasteiger partial charge in [-0.15, -0.1) is 5.10 Å². The first-order chi connectivity index (χ1) is 6.70. The van der Waals surface area contributed by atoms with Crippen LogP contribution in [0.5, 0.6) is 0 Å². The number of anilines is 1. The Morgan fingerprint density at radius 3 is 3.00 bits per heavy atom. The number of hydrogen-bond acceptors (Lipinski definition) is 6. The van der Waals surface area contributed by atoms with Crippen LogP contribution in [0, 0.1) is 0 Å². The second-order valence-electron chi connectivity index (χ2n) is 2.40. The Labute approximate surface area is 76.9 Å². The van der Waals surface area contributed by atoms with Crippen LogP contribution in [0.1, 0.15) is 10.5 Å². The fraction of sp³-hybridized carbons (Fsp3) is 0. The van der Waals surface area contributed by atoms with Gasteiger partial charge < -0.3 is 15.4 Å². The van der Waals surface area contributed by atoms with Crippen LogP contribution >= 0.6 is 0 Å². The first-order valence-corrected chi connectivity index (χ1v) is 3.55. The van der Waals surface area contributed by atoms with Crippen LogP contribution in [0.3, 0.4) is 0 Å². The maximum absolute atomic E-state index is 10.8. The molecule has 2 heterocycles. The lowest BCUT2D eigenvalue weighted by Crippen LogP contribution is -2.10. The third kappa shape index (κ3) is 1.09. The number of nitrogens with two attached hydrogens (primary N) is 1.